The number of H-pyrrole nitrogens is 1. The first-order valence-electron chi connectivity index (χ1n) is 4.54. The molecule has 1 aromatic rings. The molecule has 1 N–H and O–H groups in total. The fraction of sp³-hybridized carbons (Fsp3) is 0.500. The summed E-state index contributed by atoms with van der Waals surface area (Å²) in [6.07, 6.45) is 3.00. The highest BCUT2D eigenvalue weighted by Crippen LogP contribution is 2.04. The van der Waals surface area contributed by atoms with Gasteiger partial charge in [-0.05, 0) is 25.0 Å². The number of aryl methyl sites for hydroxylation is 1. The van der Waals surface area contributed by atoms with Crippen LogP contribution in [0.15, 0.2) is 16.9 Å². The van der Waals surface area contributed by atoms with Crippen LogP contribution in [-0.4, -0.2) is 12.1 Å². The number of aromatic nitrogens is 1. The highest BCUT2D eigenvalue weighted by Gasteiger charge is 1.99. The van der Waals surface area contributed by atoms with Crippen molar-refractivity contribution < 1.29 is 4.74 Å². The Morgan fingerprint density at radius 1 is 1.46 bits per heavy atom. The lowest BCUT2D eigenvalue weighted by molar-refractivity contribution is 0.396. The fourth-order valence-electron chi connectivity index (χ4n) is 1.17. The maximum atomic E-state index is 11.4. The predicted octanol–water partition coefficient (Wildman–Crippen LogP) is 1.73. The van der Waals surface area contributed by atoms with E-state index in [1.807, 2.05) is 6.07 Å². The Labute approximate surface area is 77.8 Å². The van der Waals surface area contributed by atoms with Crippen LogP contribution in [0.4, 0.5) is 0 Å². The van der Waals surface area contributed by atoms with Gasteiger partial charge in [-0.1, -0.05) is 13.3 Å². The van der Waals surface area contributed by atoms with Gasteiger partial charge in [0.2, 0.25) is 0 Å². The van der Waals surface area contributed by atoms with Gasteiger partial charge in [0, 0.05) is 5.56 Å². The summed E-state index contributed by atoms with van der Waals surface area (Å²) in [5, 5.41) is 0. The monoisotopic (exact) mass is 181 g/mol. The van der Waals surface area contributed by atoms with Crippen LogP contribution < -0.4 is 10.3 Å². The summed E-state index contributed by atoms with van der Waals surface area (Å²) in [4.78, 5) is 14.0. The average Bonchev–Trinajstić information content (AvgIpc) is 2.16. The Kier molecular flexibility index (Phi) is 3.55. The van der Waals surface area contributed by atoms with Gasteiger partial charge in [0.1, 0.15) is 0 Å². The highest BCUT2D eigenvalue weighted by molar-refractivity contribution is 5.17. The van der Waals surface area contributed by atoms with Gasteiger partial charge in [0.05, 0.1) is 7.11 Å². The van der Waals surface area contributed by atoms with Crippen molar-refractivity contribution in [3.63, 3.8) is 0 Å². The quantitative estimate of drug-likeness (QED) is 0.768. The van der Waals surface area contributed by atoms with E-state index in [4.69, 9.17) is 4.74 Å². The minimum atomic E-state index is -0.0344. The first kappa shape index (κ1) is 9.84. The molecule has 0 amide bonds. The Morgan fingerprint density at radius 3 is 2.77 bits per heavy atom. The van der Waals surface area contributed by atoms with Crippen molar-refractivity contribution in [1.82, 2.24) is 4.98 Å². The van der Waals surface area contributed by atoms with Gasteiger partial charge >= 0.3 is 0 Å². The van der Waals surface area contributed by atoms with Gasteiger partial charge in [-0.2, -0.15) is 0 Å². The van der Waals surface area contributed by atoms with Crippen LogP contribution in [0.3, 0.4) is 0 Å². The van der Waals surface area contributed by atoms with Crippen LogP contribution in [-0.2, 0) is 6.42 Å². The molecule has 3 heteroatoms. The first-order chi connectivity index (χ1) is 6.27. The predicted molar refractivity (Wildman–Crippen MR) is 52.2 cm³/mol. The lowest BCUT2D eigenvalue weighted by atomic mass is 10.1. The zero-order chi connectivity index (χ0) is 9.68. The van der Waals surface area contributed by atoms with E-state index in [1.54, 1.807) is 6.07 Å². The molecule has 1 aromatic heterocycles. The number of unbranched alkanes of at least 4 members (excludes halogenated alkanes) is 1. The Morgan fingerprint density at radius 2 is 2.23 bits per heavy atom. The summed E-state index contributed by atoms with van der Waals surface area (Å²) in [5.74, 6) is 0.519. The van der Waals surface area contributed by atoms with Crippen molar-refractivity contribution in [3.05, 3.63) is 28.0 Å². The minimum absolute atomic E-state index is 0.0344. The molecule has 0 aliphatic heterocycles. The third-order valence-electron chi connectivity index (χ3n) is 1.98. The van der Waals surface area contributed by atoms with Gasteiger partial charge in [-0.3, -0.25) is 9.78 Å². The molecule has 0 aliphatic carbocycles. The lowest BCUT2D eigenvalue weighted by Crippen LogP contribution is -2.12. The smallest absolute Gasteiger partial charge is 0.253 e. The largest absolute Gasteiger partial charge is 0.482 e. The summed E-state index contributed by atoms with van der Waals surface area (Å²) >= 11 is 0. The molecule has 0 fully saturated rings. The number of rotatable bonds is 4. The van der Waals surface area contributed by atoms with Crippen molar-refractivity contribution in [2.24, 2.45) is 0 Å². The van der Waals surface area contributed by atoms with E-state index in [1.165, 1.54) is 7.11 Å². The molecule has 0 saturated carbocycles. The first-order valence-corrected chi connectivity index (χ1v) is 4.54. The second-order valence-electron chi connectivity index (χ2n) is 2.98. The number of hydrogen-bond donors (Lipinski definition) is 1. The van der Waals surface area contributed by atoms with Gasteiger partial charge in [0.15, 0.2) is 5.88 Å². The average molecular weight is 181 g/mol. The van der Waals surface area contributed by atoms with Crippen LogP contribution in [0.25, 0.3) is 0 Å². The molecule has 0 saturated heterocycles. The van der Waals surface area contributed by atoms with Crippen molar-refractivity contribution in [3.8, 4) is 5.88 Å². The van der Waals surface area contributed by atoms with E-state index in [0.29, 0.717) is 5.88 Å². The SMILES string of the molecule is CCCCc1ccc(OC)[nH]c1=O. The van der Waals surface area contributed by atoms with Crippen LogP contribution >= 0.6 is 0 Å². The molecule has 1 rings (SSSR count). The van der Waals surface area contributed by atoms with E-state index in [0.717, 1.165) is 24.8 Å². The summed E-state index contributed by atoms with van der Waals surface area (Å²) in [6.45, 7) is 2.11. The number of nitrogens with one attached hydrogen (secondary N) is 1. The molecule has 0 atom stereocenters. The van der Waals surface area contributed by atoms with Gasteiger partial charge < -0.3 is 4.74 Å². The van der Waals surface area contributed by atoms with E-state index in [-0.39, 0.29) is 5.56 Å². The molecule has 0 unspecified atom stereocenters. The summed E-state index contributed by atoms with van der Waals surface area (Å²) in [5.41, 5.74) is 0.801. The number of methoxy groups -OCH3 is 1. The van der Waals surface area contributed by atoms with Crippen LogP contribution in [0.5, 0.6) is 5.88 Å². The van der Waals surface area contributed by atoms with Gasteiger partial charge in [0.25, 0.3) is 5.56 Å². The molecule has 13 heavy (non-hydrogen) atoms. The van der Waals surface area contributed by atoms with E-state index in [9.17, 15) is 4.79 Å². The number of ether oxygens (including phenoxy) is 1. The molecule has 0 bridgehead atoms. The topological polar surface area (TPSA) is 42.1 Å². The maximum absolute atomic E-state index is 11.4. The number of aromatic amines is 1. The highest BCUT2D eigenvalue weighted by atomic mass is 16.5. The summed E-state index contributed by atoms with van der Waals surface area (Å²) in [6, 6.07) is 3.61. The lowest BCUT2D eigenvalue weighted by Gasteiger charge is -2.01. The fourth-order valence-corrected chi connectivity index (χ4v) is 1.17. The van der Waals surface area contributed by atoms with Crippen molar-refractivity contribution in [2.45, 2.75) is 26.2 Å². The Balaban J connectivity index is 2.80. The second kappa shape index (κ2) is 4.70. The molecule has 0 spiro atoms. The third-order valence-corrected chi connectivity index (χ3v) is 1.98. The second-order valence-corrected chi connectivity index (χ2v) is 2.98. The van der Waals surface area contributed by atoms with Crippen LogP contribution in [0.1, 0.15) is 25.3 Å². The van der Waals surface area contributed by atoms with E-state index < -0.39 is 0 Å². The molecule has 72 valence electrons. The third kappa shape index (κ3) is 2.61. The van der Waals surface area contributed by atoms with E-state index in [2.05, 4.69) is 11.9 Å². The molecular formula is C10H15NO2. The van der Waals surface area contributed by atoms with Crippen molar-refractivity contribution >= 4 is 0 Å². The summed E-state index contributed by atoms with van der Waals surface area (Å²) in [7, 11) is 1.54. The molecule has 0 aromatic carbocycles. The minimum Gasteiger partial charge on any atom is -0.482 e. The standard InChI is InChI=1S/C10H15NO2/c1-3-4-5-8-6-7-9(13-2)11-10(8)12/h6-7H,3-5H2,1-2H3,(H,11,12). The normalized spacial score (nSPS) is 10.0. The summed E-state index contributed by atoms with van der Waals surface area (Å²) < 4.78 is 4.90. The Hall–Kier alpha value is -1.25. The number of hydrogen-bond acceptors (Lipinski definition) is 2. The molecule has 0 aliphatic rings. The molecule has 1 heterocycles. The van der Waals surface area contributed by atoms with Crippen molar-refractivity contribution in [2.75, 3.05) is 7.11 Å². The van der Waals surface area contributed by atoms with Gasteiger partial charge in [-0.25, -0.2) is 0 Å². The van der Waals surface area contributed by atoms with Crippen molar-refractivity contribution in [1.29, 1.82) is 0 Å². The van der Waals surface area contributed by atoms with Crippen LogP contribution in [0.2, 0.25) is 0 Å². The molecule has 0 radical (unpaired) electrons. The molecular weight excluding hydrogens is 166 g/mol. The zero-order valence-electron chi connectivity index (χ0n) is 8.09. The molecule has 3 nitrogen and oxygen atoms in total. The van der Waals surface area contributed by atoms with Crippen LogP contribution in [0, 0.1) is 0 Å². The Bertz CT molecular complexity index is 317. The zero-order valence-corrected chi connectivity index (χ0v) is 8.09. The maximum Gasteiger partial charge on any atom is 0.253 e. The number of pyridine rings is 1. The van der Waals surface area contributed by atoms with E-state index >= 15 is 0 Å². The van der Waals surface area contributed by atoms with Gasteiger partial charge in [-0.15, -0.1) is 0 Å².